The Morgan fingerprint density at radius 1 is 1.19 bits per heavy atom. The zero-order chi connectivity index (χ0) is 23.5. The van der Waals surface area contributed by atoms with E-state index in [2.05, 4.69) is 20.0 Å². The second kappa shape index (κ2) is 9.26. The van der Waals surface area contributed by atoms with Crippen LogP contribution in [-0.2, 0) is 22.9 Å². The molecule has 4 N–H and O–H groups in total. The molecule has 2 aromatic heterocycles. The highest BCUT2D eigenvalue weighted by molar-refractivity contribution is 7.90. The van der Waals surface area contributed by atoms with Crippen molar-refractivity contribution in [1.82, 2.24) is 20.2 Å². The van der Waals surface area contributed by atoms with Crippen molar-refractivity contribution in [2.24, 2.45) is 5.14 Å². The molecule has 3 heterocycles. The number of hydrogen-bond acceptors (Lipinski definition) is 7. The van der Waals surface area contributed by atoms with Gasteiger partial charge in [0.25, 0.3) is 16.1 Å². The van der Waals surface area contributed by atoms with Gasteiger partial charge in [0.1, 0.15) is 11.5 Å². The molecular formula is C18H22F3N7O3S. The number of rotatable bonds is 6. The van der Waals surface area contributed by atoms with Crippen molar-refractivity contribution in [3.63, 3.8) is 0 Å². The fourth-order valence-corrected chi connectivity index (χ4v) is 3.75. The van der Waals surface area contributed by atoms with E-state index >= 15 is 0 Å². The Bertz CT molecular complexity index is 1090. The highest BCUT2D eigenvalue weighted by Crippen LogP contribution is 2.35. The van der Waals surface area contributed by atoms with Crippen LogP contribution in [0.4, 0.5) is 24.7 Å². The van der Waals surface area contributed by atoms with Crippen LogP contribution >= 0.6 is 0 Å². The van der Waals surface area contributed by atoms with Gasteiger partial charge in [-0.3, -0.25) is 14.4 Å². The molecule has 0 bridgehead atoms. The minimum Gasteiger partial charge on any atom is -0.367 e. The second-order valence-corrected chi connectivity index (χ2v) is 8.39. The van der Waals surface area contributed by atoms with Crippen molar-refractivity contribution in [2.75, 3.05) is 42.8 Å². The van der Waals surface area contributed by atoms with Gasteiger partial charge < -0.3 is 10.2 Å². The lowest BCUT2D eigenvalue weighted by atomic mass is 10.1. The lowest BCUT2D eigenvalue weighted by Crippen LogP contribution is -2.46. The van der Waals surface area contributed by atoms with E-state index in [1.807, 2.05) is 4.90 Å². The van der Waals surface area contributed by atoms with Gasteiger partial charge in [0.15, 0.2) is 5.69 Å². The van der Waals surface area contributed by atoms with Crippen LogP contribution < -0.4 is 20.1 Å². The fraction of sp³-hybridized carbons (Fsp3) is 0.389. The summed E-state index contributed by atoms with van der Waals surface area (Å²) >= 11 is 0. The Kier molecular flexibility index (Phi) is 6.85. The van der Waals surface area contributed by atoms with Crippen LogP contribution in [0.25, 0.3) is 0 Å². The van der Waals surface area contributed by atoms with Gasteiger partial charge in [-0.05, 0) is 29.8 Å². The molecule has 0 aromatic carbocycles. The zero-order valence-corrected chi connectivity index (χ0v) is 17.9. The monoisotopic (exact) mass is 473 g/mol. The molecule has 1 amide bonds. The number of anilines is 2. The number of alkyl halides is 3. The maximum absolute atomic E-state index is 13.6. The van der Waals surface area contributed by atoms with Crippen molar-refractivity contribution in [1.29, 1.82) is 0 Å². The van der Waals surface area contributed by atoms with Gasteiger partial charge in [0.2, 0.25) is 0 Å². The number of carbonyl (C=O) groups is 1. The van der Waals surface area contributed by atoms with Gasteiger partial charge >= 0.3 is 6.18 Å². The van der Waals surface area contributed by atoms with E-state index in [-0.39, 0.29) is 17.2 Å². The average molecular weight is 473 g/mol. The highest BCUT2D eigenvalue weighted by Gasteiger charge is 2.38. The van der Waals surface area contributed by atoms with Crippen LogP contribution in [0.3, 0.4) is 0 Å². The molecule has 0 atom stereocenters. The van der Waals surface area contributed by atoms with E-state index in [1.165, 1.54) is 25.4 Å². The molecule has 0 radical (unpaired) electrons. The molecular weight excluding hydrogens is 451 g/mol. The second-order valence-electron chi connectivity index (χ2n) is 7.10. The molecule has 10 nitrogen and oxygen atoms in total. The first-order valence-corrected chi connectivity index (χ1v) is 11.0. The summed E-state index contributed by atoms with van der Waals surface area (Å²) in [5, 5.41) is 7.21. The number of carbonyl (C=O) groups excluding carboxylic acids is 1. The molecule has 0 aliphatic carbocycles. The molecule has 0 spiro atoms. The van der Waals surface area contributed by atoms with E-state index in [9.17, 15) is 26.4 Å². The highest BCUT2D eigenvalue weighted by atomic mass is 32.2. The number of nitrogens with two attached hydrogens (primary N) is 1. The number of amides is 1. The number of nitrogens with one attached hydrogen (secondary N) is 2. The van der Waals surface area contributed by atoms with E-state index in [4.69, 9.17) is 5.14 Å². The standard InChI is InChI=1S/C18H22F3N7O3S/c1-23-17(29)13-2-3-14(16(25-13)18(19,20)21)28-8-6-27(7-9-28)11-12-4-5-24-15(10-12)26-32(22,30)31/h2-5,10H,6-9,11H2,1H3,(H,23,29)(H,24,26)(H2,22,30,31). The Balaban J connectivity index is 1.70. The Hall–Kier alpha value is -2.97. The first kappa shape index (κ1) is 23.7. The van der Waals surface area contributed by atoms with Crippen molar-refractivity contribution in [3.8, 4) is 0 Å². The lowest BCUT2D eigenvalue weighted by molar-refractivity contribution is -0.140. The summed E-state index contributed by atoms with van der Waals surface area (Å²) in [7, 11) is -2.63. The van der Waals surface area contributed by atoms with Crippen LogP contribution in [0.15, 0.2) is 30.5 Å². The topological polar surface area (TPSA) is 134 Å². The van der Waals surface area contributed by atoms with Crippen LogP contribution in [0.1, 0.15) is 21.7 Å². The number of nitrogens with zero attached hydrogens (tertiary/aromatic N) is 4. The summed E-state index contributed by atoms with van der Waals surface area (Å²) < 4.78 is 65.1. The van der Waals surface area contributed by atoms with Gasteiger partial charge in [-0.15, -0.1) is 0 Å². The van der Waals surface area contributed by atoms with E-state index in [1.54, 1.807) is 17.0 Å². The third kappa shape index (κ3) is 6.05. The van der Waals surface area contributed by atoms with Crippen molar-refractivity contribution in [2.45, 2.75) is 12.7 Å². The number of piperazine rings is 1. The molecule has 1 saturated heterocycles. The molecule has 1 aliphatic rings. The summed E-state index contributed by atoms with van der Waals surface area (Å²) in [6.45, 7) is 2.02. The Labute approximate surface area is 182 Å². The Morgan fingerprint density at radius 3 is 2.47 bits per heavy atom. The third-order valence-corrected chi connectivity index (χ3v) is 5.29. The maximum atomic E-state index is 13.6. The number of hydrogen-bond donors (Lipinski definition) is 3. The van der Waals surface area contributed by atoms with Crippen molar-refractivity contribution < 1.29 is 26.4 Å². The quantitative estimate of drug-likeness (QED) is 0.565. The molecule has 1 fully saturated rings. The molecule has 0 unspecified atom stereocenters. The molecule has 174 valence electrons. The summed E-state index contributed by atoms with van der Waals surface area (Å²) in [4.78, 5) is 22.7. The smallest absolute Gasteiger partial charge is 0.367 e. The van der Waals surface area contributed by atoms with E-state index in [0.717, 1.165) is 5.56 Å². The first-order valence-electron chi connectivity index (χ1n) is 9.49. The summed E-state index contributed by atoms with van der Waals surface area (Å²) in [6, 6.07) is 5.79. The number of pyridine rings is 2. The molecule has 0 saturated carbocycles. The van der Waals surface area contributed by atoms with Gasteiger partial charge in [-0.25, -0.2) is 15.1 Å². The normalized spacial score (nSPS) is 15.5. The van der Waals surface area contributed by atoms with Gasteiger partial charge in [-0.2, -0.15) is 21.6 Å². The van der Waals surface area contributed by atoms with Crippen LogP contribution in [0.2, 0.25) is 0 Å². The molecule has 14 heteroatoms. The molecule has 32 heavy (non-hydrogen) atoms. The fourth-order valence-electron chi connectivity index (χ4n) is 3.35. The lowest BCUT2D eigenvalue weighted by Gasteiger charge is -2.37. The third-order valence-electron chi connectivity index (χ3n) is 4.79. The first-order chi connectivity index (χ1) is 15.0. The number of halogens is 3. The summed E-state index contributed by atoms with van der Waals surface area (Å²) in [5.41, 5.74) is -0.704. The van der Waals surface area contributed by atoms with E-state index < -0.39 is 28.0 Å². The number of aromatic nitrogens is 2. The van der Waals surface area contributed by atoms with Crippen molar-refractivity contribution in [3.05, 3.63) is 47.4 Å². The molecule has 2 aromatic rings. The van der Waals surface area contributed by atoms with Crippen LogP contribution in [-0.4, -0.2) is 62.4 Å². The summed E-state index contributed by atoms with van der Waals surface area (Å²) in [6.07, 6.45) is -3.27. The van der Waals surface area contributed by atoms with Gasteiger partial charge in [0.05, 0.1) is 5.69 Å². The van der Waals surface area contributed by atoms with E-state index in [0.29, 0.717) is 32.7 Å². The Morgan fingerprint density at radius 2 is 1.88 bits per heavy atom. The van der Waals surface area contributed by atoms with Crippen molar-refractivity contribution >= 4 is 27.6 Å². The van der Waals surface area contributed by atoms with Gasteiger partial charge in [-0.1, -0.05) is 0 Å². The predicted octanol–water partition coefficient (Wildman–Crippen LogP) is 0.793. The predicted molar refractivity (Wildman–Crippen MR) is 111 cm³/mol. The largest absolute Gasteiger partial charge is 0.435 e. The molecule has 1 aliphatic heterocycles. The molecule has 3 rings (SSSR count). The minimum absolute atomic E-state index is 0.0756. The SMILES string of the molecule is CNC(=O)c1ccc(N2CCN(Cc3ccnc(NS(N)(=O)=O)c3)CC2)c(C(F)(F)F)n1. The maximum Gasteiger partial charge on any atom is 0.435 e. The minimum atomic E-state index is -4.71. The zero-order valence-electron chi connectivity index (χ0n) is 17.1. The average Bonchev–Trinajstić information content (AvgIpc) is 2.72. The van der Waals surface area contributed by atoms with Crippen LogP contribution in [0, 0.1) is 0 Å². The van der Waals surface area contributed by atoms with Crippen LogP contribution in [0.5, 0.6) is 0 Å². The summed E-state index contributed by atoms with van der Waals surface area (Å²) in [5.74, 6) is -0.610. The van der Waals surface area contributed by atoms with Gasteiger partial charge in [0, 0.05) is 46.0 Å².